The van der Waals surface area contributed by atoms with Gasteiger partial charge in [-0.2, -0.15) is 0 Å². The summed E-state index contributed by atoms with van der Waals surface area (Å²) >= 11 is 11.7. The lowest BCUT2D eigenvalue weighted by Crippen LogP contribution is -2.38. The zero-order valence-electron chi connectivity index (χ0n) is 8.69. The number of amides is 2. The van der Waals surface area contributed by atoms with E-state index in [4.69, 9.17) is 23.2 Å². The molecule has 4 nitrogen and oxygen atoms in total. The van der Waals surface area contributed by atoms with E-state index < -0.39 is 9.75 Å². The summed E-state index contributed by atoms with van der Waals surface area (Å²) in [4.78, 5) is 22.1. The van der Waals surface area contributed by atoms with Gasteiger partial charge in [-0.05, 0) is 13.3 Å². The fourth-order valence-electron chi connectivity index (χ4n) is 1.26. The van der Waals surface area contributed by atoms with Crippen molar-refractivity contribution in [3.8, 4) is 0 Å². The van der Waals surface area contributed by atoms with Crippen LogP contribution in [-0.2, 0) is 9.59 Å². The molecular formula is C9H14Cl2N2O2. The predicted octanol–water partition coefficient (Wildman–Crippen LogP) is 0.823. The minimum Gasteiger partial charge on any atom is -0.355 e. The molecule has 0 aliphatic heterocycles. The largest absolute Gasteiger partial charge is 0.355 e. The van der Waals surface area contributed by atoms with Crippen LogP contribution in [0.1, 0.15) is 20.3 Å². The molecule has 1 unspecified atom stereocenters. The van der Waals surface area contributed by atoms with Crippen LogP contribution in [-0.4, -0.2) is 29.2 Å². The number of carbonyl (C=O) groups excluding carboxylic acids is 2. The minimum absolute atomic E-state index is 0.120. The molecule has 1 saturated carbocycles. The Hall–Kier alpha value is -0.480. The number of hydrogen-bond acceptors (Lipinski definition) is 2. The Morgan fingerprint density at radius 2 is 1.73 bits per heavy atom. The van der Waals surface area contributed by atoms with Crippen molar-refractivity contribution < 1.29 is 9.59 Å². The third kappa shape index (κ3) is 2.75. The van der Waals surface area contributed by atoms with Gasteiger partial charge in [0.15, 0.2) is 0 Å². The van der Waals surface area contributed by atoms with Crippen molar-refractivity contribution in [2.45, 2.75) is 24.6 Å². The summed E-state index contributed by atoms with van der Waals surface area (Å²) in [5, 5.41) is 5.25. The molecule has 6 heteroatoms. The number of alkyl halides is 2. The highest BCUT2D eigenvalue weighted by Crippen LogP contribution is 2.63. The van der Waals surface area contributed by atoms with Gasteiger partial charge in [0.25, 0.3) is 0 Å². The molecule has 0 radical (unpaired) electrons. The zero-order chi connectivity index (χ0) is 11.7. The Kier molecular flexibility index (Phi) is 3.51. The van der Waals surface area contributed by atoms with Crippen molar-refractivity contribution in [2.75, 3.05) is 13.1 Å². The van der Waals surface area contributed by atoms with E-state index in [0.717, 1.165) is 0 Å². The first-order chi connectivity index (χ1) is 6.79. The van der Waals surface area contributed by atoms with Crippen molar-refractivity contribution in [2.24, 2.45) is 5.41 Å². The average Bonchev–Trinajstić information content (AvgIpc) is 2.61. The van der Waals surface area contributed by atoms with Crippen molar-refractivity contribution >= 4 is 35.0 Å². The number of halogens is 2. The number of carbonyl (C=O) groups is 2. The number of nitrogens with one attached hydrogen (secondary N) is 2. The first-order valence-corrected chi connectivity index (χ1v) is 5.46. The smallest absolute Gasteiger partial charge is 0.229 e. The fourth-order valence-corrected chi connectivity index (χ4v) is 1.96. The highest BCUT2D eigenvalue weighted by Gasteiger charge is 2.67. The maximum Gasteiger partial charge on any atom is 0.229 e. The van der Waals surface area contributed by atoms with Gasteiger partial charge in [-0.15, -0.1) is 23.2 Å². The normalized spacial score (nSPS) is 26.9. The van der Waals surface area contributed by atoms with Crippen LogP contribution in [0.4, 0.5) is 0 Å². The van der Waals surface area contributed by atoms with E-state index >= 15 is 0 Å². The van der Waals surface area contributed by atoms with E-state index in [1.807, 2.05) is 0 Å². The van der Waals surface area contributed by atoms with Crippen LogP contribution in [0.2, 0.25) is 0 Å². The molecule has 1 aliphatic rings. The van der Waals surface area contributed by atoms with E-state index in [-0.39, 0.29) is 11.8 Å². The van der Waals surface area contributed by atoms with Crippen LogP contribution in [0.5, 0.6) is 0 Å². The molecule has 0 heterocycles. The second-order valence-electron chi connectivity index (χ2n) is 3.95. The topological polar surface area (TPSA) is 58.2 Å². The molecule has 86 valence electrons. The predicted molar refractivity (Wildman–Crippen MR) is 58.9 cm³/mol. The molecule has 15 heavy (non-hydrogen) atoms. The van der Waals surface area contributed by atoms with Gasteiger partial charge in [0, 0.05) is 20.0 Å². The van der Waals surface area contributed by atoms with E-state index in [0.29, 0.717) is 19.5 Å². The number of rotatable bonds is 4. The van der Waals surface area contributed by atoms with E-state index in [9.17, 15) is 9.59 Å². The SMILES string of the molecule is CC(=O)NCCNC(=O)C1(C)CC1(Cl)Cl. The second-order valence-corrected chi connectivity index (χ2v) is 5.44. The van der Waals surface area contributed by atoms with E-state index in [2.05, 4.69) is 10.6 Å². The summed E-state index contributed by atoms with van der Waals surface area (Å²) in [5.74, 6) is -0.288. The molecule has 0 aromatic heterocycles. The molecular weight excluding hydrogens is 239 g/mol. The maximum absolute atomic E-state index is 11.6. The van der Waals surface area contributed by atoms with Crippen molar-refractivity contribution in [3.05, 3.63) is 0 Å². The summed E-state index contributed by atoms with van der Waals surface area (Å²) < 4.78 is -0.939. The Morgan fingerprint density at radius 1 is 1.27 bits per heavy atom. The Labute approximate surface area is 98.7 Å². The van der Waals surface area contributed by atoms with Crippen molar-refractivity contribution in [3.63, 3.8) is 0 Å². The molecule has 0 aromatic carbocycles. The summed E-state index contributed by atoms with van der Waals surface area (Å²) in [5.41, 5.74) is -0.688. The minimum atomic E-state index is -0.939. The van der Waals surface area contributed by atoms with Gasteiger partial charge in [-0.3, -0.25) is 9.59 Å². The van der Waals surface area contributed by atoms with E-state index in [1.165, 1.54) is 6.92 Å². The zero-order valence-corrected chi connectivity index (χ0v) is 10.2. The van der Waals surface area contributed by atoms with E-state index in [1.54, 1.807) is 6.92 Å². The lowest BCUT2D eigenvalue weighted by molar-refractivity contribution is -0.126. The average molecular weight is 253 g/mol. The van der Waals surface area contributed by atoms with Gasteiger partial charge in [0.1, 0.15) is 4.33 Å². The molecule has 1 atom stereocenters. The summed E-state index contributed by atoms with van der Waals surface area (Å²) in [6.45, 7) is 3.94. The molecule has 0 aromatic rings. The number of hydrogen-bond donors (Lipinski definition) is 2. The monoisotopic (exact) mass is 252 g/mol. The van der Waals surface area contributed by atoms with Gasteiger partial charge in [-0.1, -0.05) is 0 Å². The van der Waals surface area contributed by atoms with Crippen molar-refractivity contribution in [1.29, 1.82) is 0 Å². The molecule has 0 saturated heterocycles. The Bertz CT molecular complexity index is 294. The van der Waals surface area contributed by atoms with Crippen LogP contribution in [0.15, 0.2) is 0 Å². The molecule has 1 aliphatic carbocycles. The highest BCUT2D eigenvalue weighted by molar-refractivity contribution is 6.53. The van der Waals surface area contributed by atoms with Crippen molar-refractivity contribution in [1.82, 2.24) is 10.6 Å². The molecule has 1 rings (SSSR count). The van der Waals surface area contributed by atoms with Crippen LogP contribution >= 0.6 is 23.2 Å². The highest BCUT2D eigenvalue weighted by atomic mass is 35.5. The molecule has 2 amide bonds. The Morgan fingerprint density at radius 3 is 2.13 bits per heavy atom. The quantitative estimate of drug-likeness (QED) is 0.575. The second kappa shape index (κ2) is 4.18. The van der Waals surface area contributed by atoms with Crippen LogP contribution in [0, 0.1) is 5.41 Å². The molecule has 0 bridgehead atoms. The third-order valence-corrected chi connectivity index (χ3v) is 3.64. The summed E-state index contributed by atoms with van der Waals surface area (Å²) in [7, 11) is 0. The summed E-state index contributed by atoms with van der Waals surface area (Å²) in [6, 6.07) is 0. The lowest BCUT2D eigenvalue weighted by Gasteiger charge is -2.12. The van der Waals surface area contributed by atoms with Crippen LogP contribution in [0.3, 0.4) is 0 Å². The fraction of sp³-hybridized carbons (Fsp3) is 0.778. The molecule has 1 fully saturated rings. The first kappa shape index (κ1) is 12.6. The molecule has 2 N–H and O–H groups in total. The van der Waals surface area contributed by atoms with Gasteiger partial charge in [0.2, 0.25) is 11.8 Å². The van der Waals surface area contributed by atoms with Crippen LogP contribution < -0.4 is 10.6 Å². The van der Waals surface area contributed by atoms with Gasteiger partial charge >= 0.3 is 0 Å². The summed E-state index contributed by atoms with van der Waals surface area (Å²) in [6.07, 6.45) is 0.467. The van der Waals surface area contributed by atoms with Gasteiger partial charge < -0.3 is 10.6 Å². The first-order valence-electron chi connectivity index (χ1n) is 4.70. The third-order valence-electron chi connectivity index (χ3n) is 2.54. The lowest BCUT2D eigenvalue weighted by atomic mass is 10.1. The standard InChI is InChI=1S/C9H14Cl2N2O2/c1-6(14)12-3-4-13-7(15)8(2)5-9(8,10)11/h3-5H2,1-2H3,(H,12,14)(H,13,15). The van der Waals surface area contributed by atoms with Crippen LogP contribution in [0.25, 0.3) is 0 Å². The maximum atomic E-state index is 11.6. The van der Waals surface area contributed by atoms with Gasteiger partial charge in [-0.25, -0.2) is 0 Å². The molecule has 0 spiro atoms. The Balaban J connectivity index is 2.24. The van der Waals surface area contributed by atoms with Gasteiger partial charge in [0.05, 0.1) is 5.41 Å².